The lowest BCUT2D eigenvalue weighted by molar-refractivity contribution is -0.384. The van der Waals surface area contributed by atoms with Crippen LogP contribution in [0.5, 0.6) is 0 Å². The van der Waals surface area contributed by atoms with Crippen LogP contribution in [0.3, 0.4) is 0 Å². The Labute approximate surface area is 130 Å². The van der Waals surface area contributed by atoms with Gasteiger partial charge in [0.05, 0.1) is 22.6 Å². The van der Waals surface area contributed by atoms with E-state index < -0.39 is 4.92 Å². The zero-order chi connectivity index (χ0) is 14.7. The number of benzene rings is 1. The number of nitro groups is 1. The predicted octanol–water partition coefficient (Wildman–Crippen LogP) is 2.50. The number of nitrogens with zero attached hydrogens (tertiary/aromatic N) is 1. The normalized spacial score (nSPS) is 19.6. The van der Waals surface area contributed by atoms with E-state index in [0.29, 0.717) is 9.13 Å². The molecule has 0 spiro atoms. The van der Waals surface area contributed by atoms with Gasteiger partial charge < -0.3 is 10.1 Å². The van der Waals surface area contributed by atoms with Gasteiger partial charge in [-0.15, -0.1) is 0 Å². The predicted molar refractivity (Wildman–Crippen MR) is 81.7 cm³/mol. The maximum absolute atomic E-state index is 12.2. The minimum Gasteiger partial charge on any atom is -0.376 e. The van der Waals surface area contributed by atoms with Gasteiger partial charge in [-0.3, -0.25) is 14.9 Å². The number of halogens is 1. The van der Waals surface area contributed by atoms with Crippen LogP contribution < -0.4 is 5.32 Å². The standard InChI is InChI=1S/C13H15IN2O4/c1-8(12-3-2-6-20-12)15-13(17)10-7-9(16(18)19)4-5-11(10)14/h4-5,7-8,12H,2-3,6H2,1H3,(H,15,17). The molecule has 108 valence electrons. The topological polar surface area (TPSA) is 81.5 Å². The highest BCUT2D eigenvalue weighted by molar-refractivity contribution is 14.1. The lowest BCUT2D eigenvalue weighted by Crippen LogP contribution is -2.41. The monoisotopic (exact) mass is 390 g/mol. The van der Waals surface area contributed by atoms with Crippen LogP contribution in [0.25, 0.3) is 0 Å². The third-order valence-electron chi connectivity index (χ3n) is 3.29. The van der Waals surface area contributed by atoms with Crippen LogP contribution in [-0.4, -0.2) is 29.6 Å². The van der Waals surface area contributed by atoms with Gasteiger partial charge in [-0.25, -0.2) is 0 Å². The fraction of sp³-hybridized carbons (Fsp3) is 0.462. The molecule has 0 saturated carbocycles. The highest BCUT2D eigenvalue weighted by Crippen LogP contribution is 2.21. The molecule has 20 heavy (non-hydrogen) atoms. The number of nitro benzene ring substituents is 1. The summed E-state index contributed by atoms with van der Waals surface area (Å²) in [6.07, 6.45) is 1.95. The van der Waals surface area contributed by atoms with E-state index in [1.807, 2.05) is 29.5 Å². The molecular weight excluding hydrogens is 375 g/mol. The molecule has 1 heterocycles. The van der Waals surface area contributed by atoms with Crippen molar-refractivity contribution in [1.29, 1.82) is 0 Å². The smallest absolute Gasteiger partial charge is 0.270 e. The summed E-state index contributed by atoms with van der Waals surface area (Å²) in [6, 6.07) is 4.16. The van der Waals surface area contributed by atoms with Gasteiger partial charge in [0.2, 0.25) is 0 Å². The molecule has 0 radical (unpaired) electrons. The second kappa shape index (κ2) is 6.49. The largest absolute Gasteiger partial charge is 0.376 e. The number of hydrogen-bond donors (Lipinski definition) is 1. The number of carbonyl (C=O) groups excluding carboxylic acids is 1. The highest BCUT2D eigenvalue weighted by atomic mass is 127. The molecule has 2 atom stereocenters. The Balaban J connectivity index is 2.11. The Morgan fingerprint density at radius 1 is 1.60 bits per heavy atom. The number of nitrogens with one attached hydrogen (secondary N) is 1. The average Bonchev–Trinajstić information content (AvgIpc) is 2.92. The average molecular weight is 390 g/mol. The zero-order valence-electron chi connectivity index (χ0n) is 11.0. The van der Waals surface area contributed by atoms with Gasteiger partial charge in [-0.1, -0.05) is 0 Å². The van der Waals surface area contributed by atoms with Crippen LogP contribution in [0.4, 0.5) is 5.69 Å². The van der Waals surface area contributed by atoms with E-state index in [0.717, 1.165) is 19.4 Å². The number of non-ortho nitro benzene ring substituents is 1. The van der Waals surface area contributed by atoms with Gasteiger partial charge in [-0.2, -0.15) is 0 Å². The molecule has 1 aliphatic rings. The highest BCUT2D eigenvalue weighted by Gasteiger charge is 2.25. The maximum atomic E-state index is 12.2. The lowest BCUT2D eigenvalue weighted by atomic mass is 10.1. The van der Waals surface area contributed by atoms with Gasteiger partial charge in [0, 0.05) is 22.3 Å². The third kappa shape index (κ3) is 3.45. The SMILES string of the molecule is CC(NC(=O)c1cc([N+](=O)[O-])ccc1I)C1CCCO1. The number of hydrogen-bond acceptors (Lipinski definition) is 4. The summed E-state index contributed by atoms with van der Waals surface area (Å²) in [5.41, 5.74) is 0.241. The molecule has 1 aromatic rings. The molecule has 1 amide bonds. The summed E-state index contributed by atoms with van der Waals surface area (Å²) in [6.45, 7) is 2.61. The summed E-state index contributed by atoms with van der Waals surface area (Å²) < 4.78 is 6.20. The molecule has 6 nitrogen and oxygen atoms in total. The molecule has 1 aliphatic heterocycles. The van der Waals surface area contributed by atoms with Crippen LogP contribution in [0.15, 0.2) is 18.2 Å². The minimum absolute atomic E-state index is 0.0234. The summed E-state index contributed by atoms with van der Waals surface area (Å²) in [7, 11) is 0. The van der Waals surface area contributed by atoms with Crippen molar-refractivity contribution in [2.24, 2.45) is 0 Å². The van der Waals surface area contributed by atoms with E-state index in [1.54, 1.807) is 6.07 Å². The first-order chi connectivity index (χ1) is 9.49. The molecule has 0 aliphatic carbocycles. The minimum atomic E-state index is -0.504. The zero-order valence-corrected chi connectivity index (χ0v) is 13.1. The van der Waals surface area contributed by atoms with E-state index >= 15 is 0 Å². The summed E-state index contributed by atoms with van der Waals surface area (Å²) in [4.78, 5) is 22.5. The molecule has 1 aromatic carbocycles. The van der Waals surface area contributed by atoms with Crippen molar-refractivity contribution in [2.75, 3.05) is 6.61 Å². The first kappa shape index (κ1) is 15.2. The molecule has 0 bridgehead atoms. The lowest BCUT2D eigenvalue weighted by Gasteiger charge is -2.20. The van der Waals surface area contributed by atoms with Crippen molar-refractivity contribution in [1.82, 2.24) is 5.32 Å². The van der Waals surface area contributed by atoms with Crippen molar-refractivity contribution in [3.63, 3.8) is 0 Å². The molecule has 1 fully saturated rings. The number of rotatable bonds is 4. The molecule has 2 rings (SSSR count). The molecule has 7 heteroatoms. The van der Waals surface area contributed by atoms with E-state index in [9.17, 15) is 14.9 Å². The molecule has 1 N–H and O–H groups in total. The summed E-state index contributed by atoms with van der Waals surface area (Å²) in [5, 5.41) is 13.6. The Morgan fingerprint density at radius 2 is 2.35 bits per heavy atom. The van der Waals surface area contributed by atoms with E-state index in [2.05, 4.69) is 5.32 Å². The molecule has 1 saturated heterocycles. The van der Waals surface area contributed by atoms with Gasteiger partial charge in [-0.05, 0) is 48.4 Å². The van der Waals surface area contributed by atoms with Gasteiger partial charge in [0.15, 0.2) is 0 Å². The number of ether oxygens (including phenoxy) is 1. The fourth-order valence-corrected chi connectivity index (χ4v) is 2.76. The van der Waals surface area contributed by atoms with Crippen molar-refractivity contribution in [3.8, 4) is 0 Å². The Morgan fingerprint density at radius 3 is 2.95 bits per heavy atom. The van der Waals surface area contributed by atoms with E-state index in [4.69, 9.17) is 4.74 Å². The second-order valence-electron chi connectivity index (χ2n) is 4.73. The van der Waals surface area contributed by atoms with Gasteiger partial charge >= 0.3 is 0 Å². The van der Waals surface area contributed by atoms with Crippen LogP contribution >= 0.6 is 22.6 Å². The Hall–Kier alpha value is -1.22. The van der Waals surface area contributed by atoms with Crippen LogP contribution in [-0.2, 0) is 4.74 Å². The third-order valence-corrected chi connectivity index (χ3v) is 4.23. The summed E-state index contributed by atoms with van der Waals surface area (Å²) in [5.74, 6) is -0.305. The van der Waals surface area contributed by atoms with E-state index in [1.165, 1.54) is 12.1 Å². The van der Waals surface area contributed by atoms with Crippen molar-refractivity contribution >= 4 is 34.2 Å². The molecule has 2 unspecified atom stereocenters. The maximum Gasteiger partial charge on any atom is 0.270 e. The molecular formula is C13H15IN2O4. The van der Waals surface area contributed by atoms with Crippen LogP contribution in [0, 0.1) is 13.7 Å². The van der Waals surface area contributed by atoms with Crippen LogP contribution in [0.1, 0.15) is 30.1 Å². The molecule has 0 aromatic heterocycles. The Bertz CT molecular complexity index is 529. The second-order valence-corrected chi connectivity index (χ2v) is 5.90. The first-order valence-corrected chi connectivity index (χ1v) is 7.43. The summed E-state index contributed by atoms with van der Waals surface area (Å²) >= 11 is 2.00. The van der Waals surface area contributed by atoms with Gasteiger partial charge in [0.25, 0.3) is 11.6 Å². The van der Waals surface area contributed by atoms with E-state index in [-0.39, 0.29) is 23.7 Å². The quantitative estimate of drug-likeness (QED) is 0.487. The number of carbonyl (C=O) groups is 1. The Kier molecular flexibility index (Phi) is 4.92. The van der Waals surface area contributed by atoms with Crippen molar-refractivity contribution < 1.29 is 14.5 Å². The van der Waals surface area contributed by atoms with Gasteiger partial charge in [0.1, 0.15) is 0 Å². The number of amides is 1. The van der Waals surface area contributed by atoms with Crippen molar-refractivity contribution in [3.05, 3.63) is 37.4 Å². The first-order valence-electron chi connectivity index (χ1n) is 6.35. The fourth-order valence-electron chi connectivity index (χ4n) is 2.18. The van der Waals surface area contributed by atoms with Crippen LogP contribution in [0.2, 0.25) is 0 Å². The van der Waals surface area contributed by atoms with Crippen molar-refractivity contribution in [2.45, 2.75) is 31.9 Å².